The predicted molar refractivity (Wildman–Crippen MR) is 85.0 cm³/mol. The highest BCUT2D eigenvalue weighted by atomic mass is 79.9. The fraction of sp³-hybridized carbons (Fsp3) is 0.143. The van der Waals surface area contributed by atoms with Gasteiger partial charge in [-0.05, 0) is 45.1 Å². The fourth-order valence-corrected chi connectivity index (χ4v) is 3.64. The molecule has 21 heavy (non-hydrogen) atoms. The topological polar surface area (TPSA) is 56.3 Å². The van der Waals surface area contributed by atoms with E-state index in [1.54, 1.807) is 17.7 Å². The van der Waals surface area contributed by atoms with Crippen molar-refractivity contribution in [2.75, 3.05) is 12.1 Å². The summed E-state index contributed by atoms with van der Waals surface area (Å²) in [7, 11) is 0. The van der Waals surface area contributed by atoms with E-state index in [1.165, 1.54) is 0 Å². The van der Waals surface area contributed by atoms with Crippen LogP contribution >= 0.6 is 27.3 Å². The zero-order valence-corrected chi connectivity index (χ0v) is 13.2. The van der Waals surface area contributed by atoms with Crippen LogP contribution in [0, 0.1) is 0 Å². The smallest absolute Gasteiger partial charge is 0.231 e. The maximum absolute atomic E-state index is 5.43. The molecule has 1 aromatic carbocycles. The molecule has 0 atom stereocenters. The number of fused-ring (bicyclic) bond motifs is 2. The van der Waals surface area contributed by atoms with Crippen molar-refractivity contribution >= 4 is 43.3 Å². The number of rotatable bonds is 3. The average Bonchev–Trinajstić information content (AvgIpc) is 3.13. The molecule has 4 rings (SSSR count). The van der Waals surface area contributed by atoms with Crippen LogP contribution in [0.15, 0.2) is 34.4 Å². The number of halogens is 1. The molecule has 3 heterocycles. The summed E-state index contributed by atoms with van der Waals surface area (Å²) < 4.78 is 12.8. The molecule has 2 aromatic heterocycles. The summed E-state index contributed by atoms with van der Waals surface area (Å²) in [5, 5.41) is 5.37. The Hall–Kier alpha value is -1.86. The SMILES string of the molecule is Brc1cc(CNc2ncnc3ccsc23)cc2c1OCO2. The molecular formula is C14H10BrN3O2S. The van der Waals surface area contributed by atoms with Crippen LogP contribution in [0.1, 0.15) is 5.56 Å². The number of ether oxygens (including phenoxy) is 2. The molecule has 0 saturated carbocycles. The molecule has 0 radical (unpaired) electrons. The molecular weight excluding hydrogens is 354 g/mol. The van der Waals surface area contributed by atoms with Crippen LogP contribution in [0.4, 0.5) is 5.82 Å². The van der Waals surface area contributed by atoms with E-state index < -0.39 is 0 Å². The van der Waals surface area contributed by atoms with Gasteiger partial charge in [-0.15, -0.1) is 11.3 Å². The molecule has 0 fully saturated rings. The summed E-state index contributed by atoms with van der Waals surface area (Å²) in [6.45, 7) is 0.922. The Balaban J connectivity index is 1.60. The third-order valence-electron chi connectivity index (χ3n) is 3.19. The molecule has 1 aliphatic rings. The molecule has 1 N–H and O–H groups in total. The van der Waals surface area contributed by atoms with Crippen LogP contribution in [-0.2, 0) is 6.54 Å². The number of benzene rings is 1. The lowest BCUT2D eigenvalue weighted by atomic mass is 10.2. The standard InChI is InChI=1S/C14H10BrN3O2S/c15-9-3-8(4-11-12(9)20-7-19-11)5-16-14-13-10(1-2-21-13)17-6-18-14/h1-4,6H,5,7H2,(H,16,17,18). The second kappa shape index (κ2) is 5.16. The second-order valence-corrected chi connectivity index (χ2v) is 6.29. The number of aromatic nitrogens is 2. The largest absolute Gasteiger partial charge is 0.454 e. The van der Waals surface area contributed by atoms with Crippen molar-refractivity contribution in [3.05, 3.63) is 39.9 Å². The van der Waals surface area contributed by atoms with Crippen molar-refractivity contribution in [2.45, 2.75) is 6.54 Å². The van der Waals surface area contributed by atoms with Gasteiger partial charge in [-0.2, -0.15) is 0 Å². The van der Waals surface area contributed by atoms with E-state index in [0.29, 0.717) is 6.54 Å². The molecule has 0 aliphatic carbocycles. The lowest BCUT2D eigenvalue weighted by molar-refractivity contribution is 0.173. The van der Waals surface area contributed by atoms with Crippen LogP contribution < -0.4 is 14.8 Å². The maximum atomic E-state index is 5.43. The average molecular weight is 364 g/mol. The van der Waals surface area contributed by atoms with Gasteiger partial charge in [-0.25, -0.2) is 9.97 Å². The zero-order valence-electron chi connectivity index (χ0n) is 10.8. The van der Waals surface area contributed by atoms with Gasteiger partial charge < -0.3 is 14.8 Å². The van der Waals surface area contributed by atoms with E-state index in [4.69, 9.17) is 9.47 Å². The summed E-state index contributed by atoms with van der Waals surface area (Å²) in [5.41, 5.74) is 2.05. The maximum Gasteiger partial charge on any atom is 0.231 e. The van der Waals surface area contributed by atoms with Gasteiger partial charge in [-0.1, -0.05) is 0 Å². The highest BCUT2D eigenvalue weighted by molar-refractivity contribution is 9.10. The first-order chi connectivity index (χ1) is 10.3. The predicted octanol–water partition coefficient (Wildman–Crippen LogP) is 3.79. The van der Waals surface area contributed by atoms with Crippen LogP contribution in [0.3, 0.4) is 0 Å². The third-order valence-corrected chi connectivity index (χ3v) is 4.69. The quantitative estimate of drug-likeness (QED) is 0.766. The van der Waals surface area contributed by atoms with Gasteiger partial charge in [0.2, 0.25) is 6.79 Å². The van der Waals surface area contributed by atoms with Crippen molar-refractivity contribution in [2.24, 2.45) is 0 Å². The lowest BCUT2D eigenvalue weighted by Crippen LogP contribution is -2.02. The highest BCUT2D eigenvalue weighted by Gasteiger charge is 2.18. The minimum atomic E-state index is 0.270. The van der Waals surface area contributed by atoms with Crippen LogP contribution in [0.25, 0.3) is 10.2 Å². The molecule has 7 heteroatoms. The van der Waals surface area contributed by atoms with Gasteiger partial charge in [0, 0.05) is 6.54 Å². The highest BCUT2D eigenvalue weighted by Crippen LogP contribution is 2.40. The Morgan fingerprint density at radius 3 is 3.19 bits per heavy atom. The first kappa shape index (κ1) is 12.8. The molecule has 0 bridgehead atoms. The number of nitrogens with zero attached hydrogens (tertiary/aromatic N) is 2. The number of hydrogen-bond donors (Lipinski definition) is 1. The lowest BCUT2D eigenvalue weighted by Gasteiger charge is -2.08. The summed E-state index contributed by atoms with van der Waals surface area (Å²) in [4.78, 5) is 8.54. The first-order valence-corrected chi connectivity index (χ1v) is 7.98. The minimum absolute atomic E-state index is 0.270. The van der Waals surface area contributed by atoms with Gasteiger partial charge in [0.15, 0.2) is 11.5 Å². The number of hydrogen-bond acceptors (Lipinski definition) is 6. The van der Waals surface area contributed by atoms with E-state index in [0.717, 1.165) is 37.6 Å². The van der Waals surface area contributed by atoms with Gasteiger partial charge >= 0.3 is 0 Å². The van der Waals surface area contributed by atoms with E-state index in [-0.39, 0.29) is 6.79 Å². The van der Waals surface area contributed by atoms with Gasteiger partial charge in [-0.3, -0.25) is 0 Å². The summed E-state index contributed by atoms with van der Waals surface area (Å²) >= 11 is 5.13. The van der Waals surface area contributed by atoms with Gasteiger partial charge in [0.25, 0.3) is 0 Å². The van der Waals surface area contributed by atoms with Crippen molar-refractivity contribution in [1.29, 1.82) is 0 Å². The third kappa shape index (κ3) is 2.32. The molecule has 0 unspecified atom stereocenters. The van der Waals surface area contributed by atoms with Crippen LogP contribution in [0.2, 0.25) is 0 Å². The Labute approximate surface area is 133 Å². The Kier molecular flexibility index (Phi) is 3.16. The Bertz CT molecular complexity index is 821. The zero-order chi connectivity index (χ0) is 14.2. The van der Waals surface area contributed by atoms with Gasteiger partial charge in [0.05, 0.1) is 14.7 Å². The van der Waals surface area contributed by atoms with E-state index >= 15 is 0 Å². The van der Waals surface area contributed by atoms with Crippen molar-refractivity contribution in [3.63, 3.8) is 0 Å². The molecule has 0 amide bonds. The molecule has 3 aromatic rings. The molecule has 5 nitrogen and oxygen atoms in total. The molecule has 0 saturated heterocycles. The Morgan fingerprint density at radius 1 is 1.29 bits per heavy atom. The fourth-order valence-electron chi connectivity index (χ4n) is 2.22. The van der Waals surface area contributed by atoms with Crippen molar-refractivity contribution in [3.8, 4) is 11.5 Å². The van der Waals surface area contributed by atoms with E-state index in [2.05, 4.69) is 31.2 Å². The molecule has 106 valence electrons. The molecule has 1 aliphatic heterocycles. The molecule has 0 spiro atoms. The minimum Gasteiger partial charge on any atom is -0.454 e. The summed E-state index contributed by atoms with van der Waals surface area (Å²) in [5.74, 6) is 2.38. The number of nitrogens with one attached hydrogen (secondary N) is 1. The normalized spacial score (nSPS) is 12.8. The number of thiophene rings is 1. The van der Waals surface area contributed by atoms with Crippen molar-refractivity contribution in [1.82, 2.24) is 9.97 Å². The van der Waals surface area contributed by atoms with E-state index in [9.17, 15) is 0 Å². The number of anilines is 1. The van der Waals surface area contributed by atoms with Gasteiger partial charge in [0.1, 0.15) is 12.1 Å². The van der Waals surface area contributed by atoms with Crippen LogP contribution in [0.5, 0.6) is 11.5 Å². The monoisotopic (exact) mass is 363 g/mol. The summed E-state index contributed by atoms with van der Waals surface area (Å²) in [6.07, 6.45) is 1.58. The first-order valence-electron chi connectivity index (χ1n) is 6.31. The second-order valence-electron chi connectivity index (χ2n) is 4.52. The van der Waals surface area contributed by atoms with E-state index in [1.807, 2.05) is 23.6 Å². The van der Waals surface area contributed by atoms with Crippen LogP contribution in [-0.4, -0.2) is 16.8 Å². The summed E-state index contributed by atoms with van der Waals surface area (Å²) in [6, 6.07) is 5.99. The Morgan fingerprint density at radius 2 is 2.24 bits per heavy atom. The van der Waals surface area contributed by atoms with Crippen molar-refractivity contribution < 1.29 is 9.47 Å².